The lowest BCUT2D eigenvalue weighted by Gasteiger charge is -2.30. The zero-order valence-corrected chi connectivity index (χ0v) is 24.5. The quantitative estimate of drug-likeness (QED) is 0.204. The van der Waals surface area contributed by atoms with Crippen molar-refractivity contribution < 1.29 is 27.5 Å². The molecule has 41 heavy (non-hydrogen) atoms. The normalized spacial score (nSPS) is 13.8. The lowest BCUT2D eigenvalue weighted by Crippen LogP contribution is -2.35. The molecule has 2 heterocycles. The van der Waals surface area contributed by atoms with Crippen molar-refractivity contribution in [3.8, 4) is 0 Å². The number of fused-ring (bicyclic) bond motifs is 2. The van der Waals surface area contributed by atoms with Crippen molar-refractivity contribution in [2.45, 2.75) is 38.1 Å². The first-order chi connectivity index (χ1) is 19.8. The fraction of sp³-hybridized carbons (Fsp3) is 0.300. The fourth-order valence-corrected chi connectivity index (χ4v) is 7.45. The van der Waals surface area contributed by atoms with E-state index >= 15 is 0 Å². The number of rotatable bonds is 9. The number of para-hydroxylation sites is 1. The number of sulfonamides is 1. The van der Waals surface area contributed by atoms with E-state index in [4.69, 9.17) is 9.47 Å². The van der Waals surface area contributed by atoms with Gasteiger partial charge in [-0.3, -0.25) is 9.10 Å². The van der Waals surface area contributed by atoms with Gasteiger partial charge in [-0.25, -0.2) is 13.2 Å². The SMILES string of the molecule is CCOCCn1c(=NC(=O)c2ccc(S(=O)(=O)N3CCCc4ccccc43)cc2)sc2cc(C(=O)OCC)ccc21. The van der Waals surface area contributed by atoms with Gasteiger partial charge in [0, 0.05) is 25.3 Å². The Morgan fingerprint density at radius 3 is 2.49 bits per heavy atom. The van der Waals surface area contributed by atoms with Crippen LogP contribution in [0.2, 0.25) is 0 Å². The van der Waals surface area contributed by atoms with Gasteiger partial charge in [-0.2, -0.15) is 4.99 Å². The molecule has 0 saturated carbocycles. The minimum Gasteiger partial charge on any atom is -0.462 e. The van der Waals surface area contributed by atoms with E-state index in [-0.39, 0.29) is 17.1 Å². The predicted octanol–water partition coefficient (Wildman–Crippen LogP) is 4.80. The first-order valence-electron chi connectivity index (χ1n) is 13.5. The van der Waals surface area contributed by atoms with E-state index in [1.165, 1.54) is 39.9 Å². The summed E-state index contributed by atoms with van der Waals surface area (Å²) < 4.78 is 41.7. The van der Waals surface area contributed by atoms with Crippen LogP contribution in [0.15, 0.2) is 76.6 Å². The summed E-state index contributed by atoms with van der Waals surface area (Å²) in [5.74, 6) is -0.916. The van der Waals surface area contributed by atoms with Gasteiger partial charge in [0.25, 0.3) is 15.9 Å². The second kappa shape index (κ2) is 12.4. The van der Waals surface area contributed by atoms with Gasteiger partial charge in [-0.05, 0) is 80.8 Å². The zero-order valence-electron chi connectivity index (χ0n) is 22.9. The molecule has 11 heteroatoms. The van der Waals surface area contributed by atoms with Gasteiger partial charge in [0.2, 0.25) is 0 Å². The van der Waals surface area contributed by atoms with Crippen molar-refractivity contribution in [3.05, 3.63) is 88.2 Å². The first-order valence-corrected chi connectivity index (χ1v) is 15.8. The number of aryl methyl sites for hydroxylation is 1. The van der Waals surface area contributed by atoms with Gasteiger partial charge in [0.05, 0.1) is 39.6 Å². The Kier molecular flexibility index (Phi) is 8.67. The number of thiazole rings is 1. The molecule has 5 rings (SSSR count). The number of anilines is 1. The van der Waals surface area contributed by atoms with E-state index in [9.17, 15) is 18.0 Å². The fourth-order valence-electron chi connectivity index (χ4n) is 4.81. The molecule has 0 fully saturated rings. The number of esters is 1. The highest BCUT2D eigenvalue weighted by molar-refractivity contribution is 7.92. The number of hydrogen-bond donors (Lipinski definition) is 0. The number of carbonyl (C=O) groups excluding carboxylic acids is 2. The number of hydrogen-bond acceptors (Lipinski definition) is 7. The van der Waals surface area contributed by atoms with Crippen LogP contribution in [0.4, 0.5) is 5.69 Å². The molecule has 214 valence electrons. The van der Waals surface area contributed by atoms with Crippen LogP contribution in [0.5, 0.6) is 0 Å². The molecule has 9 nitrogen and oxygen atoms in total. The van der Waals surface area contributed by atoms with Gasteiger partial charge in [-0.15, -0.1) is 0 Å². The van der Waals surface area contributed by atoms with E-state index in [0.29, 0.717) is 42.4 Å². The maximum Gasteiger partial charge on any atom is 0.338 e. The Labute approximate surface area is 242 Å². The Bertz CT molecular complexity index is 1760. The number of aromatic nitrogens is 1. The second-order valence-corrected chi connectivity index (χ2v) is 12.3. The molecule has 1 aromatic heterocycles. The molecular weight excluding hydrogens is 562 g/mol. The molecule has 0 atom stereocenters. The van der Waals surface area contributed by atoms with Crippen LogP contribution >= 0.6 is 11.3 Å². The van der Waals surface area contributed by atoms with Crippen molar-refractivity contribution >= 4 is 49.1 Å². The van der Waals surface area contributed by atoms with Gasteiger partial charge in [0.1, 0.15) is 0 Å². The van der Waals surface area contributed by atoms with Crippen LogP contribution in [0.25, 0.3) is 10.2 Å². The summed E-state index contributed by atoms with van der Waals surface area (Å²) in [6.07, 6.45) is 1.58. The predicted molar refractivity (Wildman–Crippen MR) is 158 cm³/mol. The van der Waals surface area contributed by atoms with E-state index in [1.54, 1.807) is 19.1 Å². The summed E-state index contributed by atoms with van der Waals surface area (Å²) in [6, 6.07) is 18.6. The summed E-state index contributed by atoms with van der Waals surface area (Å²) >= 11 is 1.28. The highest BCUT2D eigenvalue weighted by atomic mass is 32.2. The van der Waals surface area contributed by atoms with Crippen molar-refractivity contribution in [2.75, 3.05) is 30.7 Å². The van der Waals surface area contributed by atoms with Crippen LogP contribution in [0, 0.1) is 0 Å². The molecule has 0 unspecified atom stereocenters. The van der Waals surface area contributed by atoms with Crippen LogP contribution < -0.4 is 9.11 Å². The molecule has 0 radical (unpaired) electrons. The standard InChI is InChI=1S/C30H31N3O6S2/c1-3-38-19-18-32-26-16-13-23(29(35)39-4-2)20-27(26)40-30(32)31-28(34)22-11-14-24(15-12-22)41(36,37)33-17-7-9-21-8-5-6-10-25(21)33/h5-6,8,10-16,20H,3-4,7,9,17-19H2,1-2H3. The first kappa shape index (κ1) is 28.7. The number of nitrogens with zero attached hydrogens (tertiary/aromatic N) is 3. The van der Waals surface area contributed by atoms with Gasteiger partial charge < -0.3 is 14.0 Å². The minimum absolute atomic E-state index is 0.117. The summed E-state index contributed by atoms with van der Waals surface area (Å²) in [6.45, 7) is 5.78. The zero-order chi connectivity index (χ0) is 29.0. The Morgan fingerprint density at radius 1 is 0.976 bits per heavy atom. The monoisotopic (exact) mass is 593 g/mol. The van der Waals surface area contributed by atoms with Crippen molar-refractivity contribution in [2.24, 2.45) is 4.99 Å². The number of amides is 1. The lowest BCUT2D eigenvalue weighted by molar-refractivity contribution is 0.0526. The number of ether oxygens (including phenoxy) is 2. The summed E-state index contributed by atoms with van der Waals surface area (Å²) in [5.41, 5.74) is 3.20. The molecule has 0 spiro atoms. The third-order valence-electron chi connectivity index (χ3n) is 6.81. The van der Waals surface area contributed by atoms with Crippen LogP contribution in [-0.2, 0) is 32.5 Å². The molecule has 1 amide bonds. The van der Waals surface area contributed by atoms with Crippen LogP contribution in [0.1, 0.15) is 46.5 Å². The average molecular weight is 594 g/mol. The maximum atomic E-state index is 13.5. The minimum atomic E-state index is -3.79. The summed E-state index contributed by atoms with van der Waals surface area (Å²) in [4.78, 5) is 30.4. The highest BCUT2D eigenvalue weighted by Gasteiger charge is 2.29. The van der Waals surface area contributed by atoms with E-state index in [2.05, 4.69) is 4.99 Å². The Balaban J connectivity index is 1.45. The van der Waals surface area contributed by atoms with Gasteiger partial charge in [-0.1, -0.05) is 29.5 Å². The summed E-state index contributed by atoms with van der Waals surface area (Å²) in [5, 5.41) is 0. The topological polar surface area (TPSA) is 107 Å². The molecule has 4 aromatic rings. The van der Waals surface area contributed by atoms with E-state index < -0.39 is 21.9 Å². The maximum absolute atomic E-state index is 13.5. The molecular formula is C30H31N3O6S2. The van der Waals surface area contributed by atoms with Gasteiger partial charge >= 0.3 is 5.97 Å². The van der Waals surface area contributed by atoms with Crippen molar-refractivity contribution in [3.63, 3.8) is 0 Å². The van der Waals surface area contributed by atoms with Crippen LogP contribution in [0.3, 0.4) is 0 Å². The molecule has 1 aliphatic heterocycles. The summed E-state index contributed by atoms with van der Waals surface area (Å²) in [7, 11) is -3.79. The average Bonchev–Trinajstić information content (AvgIpc) is 3.33. The van der Waals surface area contributed by atoms with Crippen molar-refractivity contribution in [1.29, 1.82) is 0 Å². The van der Waals surface area contributed by atoms with E-state index in [1.807, 2.05) is 41.8 Å². The van der Waals surface area contributed by atoms with Gasteiger partial charge in [0.15, 0.2) is 4.80 Å². The smallest absolute Gasteiger partial charge is 0.338 e. The molecule has 0 bridgehead atoms. The molecule has 1 aliphatic rings. The second-order valence-electron chi connectivity index (χ2n) is 9.39. The largest absolute Gasteiger partial charge is 0.462 e. The number of carbonyl (C=O) groups is 2. The molecule has 3 aromatic carbocycles. The highest BCUT2D eigenvalue weighted by Crippen LogP contribution is 2.32. The number of benzene rings is 3. The lowest BCUT2D eigenvalue weighted by atomic mass is 10.0. The van der Waals surface area contributed by atoms with Crippen LogP contribution in [-0.4, -0.2) is 51.2 Å². The molecule has 0 aliphatic carbocycles. The third-order valence-corrected chi connectivity index (χ3v) is 9.68. The third kappa shape index (κ3) is 5.97. The Morgan fingerprint density at radius 2 is 1.73 bits per heavy atom. The molecule has 0 N–H and O–H groups in total. The molecule has 0 saturated heterocycles. The Hall–Kier alpha value is -3.80. The van der Waals surface area contributed by atoms with Crippen molar-refractivity contribution in [1.82, 2.24) is 4.57 Å². The van der Waals surface area contributed by atoms with E-state index in [0.717, 1.165) is 28.6 Å².